The van der Waals surface area contributed by atoms with Crippen LogP contribution in [-0.2, 0) is 16.4 Å². The number of nitrogens with zero attached hydrogens (tertiary/aromatic N) is 1. The highest BCUT2D eigenvalue weighted by Crippen LogP contribution is 2.24. The minimum Gasteiger partial charge on any atom is -0.497 e. The zero-order chi connectivity index (χ0) is 18.7. The van der Waals surface area contributed by atoms with Crippen molar-refractivity contribution in [2.75, 3.05) is 13.7 Å². The molecule has 8 nitrogen and oxygen atoms in total. The SMILES string of the molecule is COc1ccc2[nH]cc(CCNS(=O)(=O)c3ccc([N+](=O)[O-])cc3)c2c1. The summed E-state index contributed by atoms with van der Waals surface area (Å²) < 4.78 is 32.3. The number of nitrogens with one attached hydrogen (secondary N) is 2. The lowest BCUT2D eigenvalue weighted by atomic mass is 10.1. The third kappa shape index (κ3) is 3.68. The summed E-state index contributed by atoms with van der Waals surface area (Å²) in [6, 6.07) is 10.4. The van der Waals surface area contributed by atoms with Crippen LogP contribution in [-0.4, -0.2) is 32.0 Å². The van der Waals surface area contributed by atoms with Gasteiger partial charge in [0.2, 0.25) is 10.0 Å². The highest BCUT2D eigenvalue weighted by atomic mass is 32.2. The van der Waals surface area contributed by atoms with E-state index in [4.69, 9.17) is 4.74 Å². The number of aromatic nitrogens is 1. The number of nitro groups is 1. The molecule has 9 heteroatoms. The Kier molecular flexibility index (Phi) is 4.92. The summed E-state index contributed by atoms with van der Waals surface area (Å²) >= 11 is 0. The maximum absolute atomic E-state index is 12.3. The number of hydrogen-bond acceptors (Lipinski definition) is 5. The molecule has 3 aromatic rings. The Morgan fingerprint density at radius 1 is 1.19 bits per heavy atom. The molecule has 136 valence electrons. The molecule has 0 unspecified atom stereocenters. The number of rotatable bonds is 7. The molecule has 0 saturated carbocycles. The van der Waals surface area contributed by atoms with E-state index in [0.717, 1.165) is 22.2 Å². The van der Waals surface area contributed by atoms with E-state index in [-0.39, 0.29) is 17.1 Å². The molecule has 2 N–H and O–H groups in total. The van der Waals surface area contributed by atoms with Crippen LogP contribution in [0, 0.1) is 10.1 Å². The molecule has 0 fully saturated rings. The highest BCUT2D eigenvalue weighted by Gasteiger charge is 2.15. The van der Waals surface area contributed by atoms with Gasteiger partial charge in [0.05, 0.1) is 16.9 Å². The van der Waals surface area contributed by atoms with E-state index in [9.17, 15) is 18.5 Å². The maximum Gasteiger partial charge on any atom is 0.269 e. The number of non-ortho nitro benzene ring substituents is 1. The van der Waals surface area contributed by atoms with Crippen molar-refractivity contribution >= 4 is 26.6 Å². The van der Waals surface area contributed by atoms with E-state index < -0.39 is 14.9 Å². The van der Waals surface area contributed by atoms with Gasteiger partial charge in [0, 0.05) is 35.8 Å². The van der Waals surface area contributed by atoms with Crippen LogP contribution in [0.5, 0.6) is 5.75 Å². The molecule has 0 saturated heterocycles. The molecular weight excluding hydrogens is 358 g/mol. The predicted octanol–water partition coefficient (Wildman–Crippen LogP) is 2.61. The van der Waals surface area contributed by atoms with Crippen molar-refractivity contribution in [1.82, 2.24) is 9.71 Å². The minimum absolute atomic E-state index is 0.0105. The Labute approximate surface area is 150 Å². The van der Waals surface area contributed by atoms with E-state index in [2.05, 4.69) is 9.71 Å². The molecule has 1 heterocycles. The van der Waals surface area contributed by atoms with Crippen LogP contribution in [0.3, 0.4) is 0 Å². The second-order valence-electron chi connectivity index (χ2n) is 5.62. The molecule has 1 aromatic heterocycles. The Balaban J connectivity index is 1.69. The van der Waals surface area contributed by atoms with Gasteiger partial charge in [-0.25, -0.2) is 13.1 Å². The van der Waals surface area contributed by atoms with E-state index in [1.165, 1.54) is 24.3 Å². The van der Waals surface area contributed by atoms with Gasteiger partial charge in [0.1, 0.15) is 5.75 Å². The molecule has 0 aliphatic heterocycles. The summed E-state index contributed by atoms with van der Waals surface area (Å²) in [4.78, 5) is 13.2. The van der Waals surface area contributed by atoms with Crippen molar-refractivity contribution in [2.24, 2.45) is 0 Å². The van der Waals surface area contributed by atoms with Gasteiger partial charge in [-0.05, 0) is 42.3 Å². The predicted molar refractivity (Wildman–Crippen MR) is 96.8 cm³/mol. The fourth-order valence-corrected chi connectivity index (χ4v) is 3.67. The summed E-state index contributed by atoms with van der Waals surface area (Å²) in [7, 11) is -2.14. The van der Waals surface area contributed by atoms with Crippen molar-refractivity contribution < 1.29 is 18.1 Å². The van der Waals surface area contributed by atoms with Crippen molar-refractivity contribution in [1.29, 1.82) is 0 Å². The number of nitro benzene ring substituents is 1. The average Bonchev–Trinajstić information content (AvgIpc) is 3.04. The van der Waals surface area contributed by atoms with Crippen LogP contribution in [0.25, 0.3) is 10.9 Å². The standard InChI is InChI=1S/C17H17N3O5S/c1-25-14-4-7-17-16(10-14)12(11-18-17)8-9-19-26(23,24)15-5-2-13(3-6-15)20(21)22/h2-7,10-11,18-19H,8-9H2,1H3. The zero-order valence-corrected chi connectivity index (χ0v) is 14.7. The van der Waals surface area contributed by atoms with E-state index in [1.807, 2.05) is 24.4 Å². The number of H-pyrrole nitrogens is 1. The molecule has 0 spiro atoms. The van der Waals surface area contributed by atoms with Gasteiger partial charge in [-0.3, -0.25) is 10.1 Å². The van der Waals surface area contributed by atoms with Crippen LogP contribution in [0.1, 0.15) is 5.56 Å². The van der Waals surface area contributed by atoms with Gasteiger partial charge in [-0.15, -0.1) is 0 Å². The van der Waals surface area contributed by atoms with Crippen LogP contribution in [0.15, 0.2) is 53.6 Å². The number of fused-ring (bicyclic) bond motifs is 1. The Morgan fingerprint density at radius 2 is 1.92 bits per heavy atom. The minimum atomic E-state index is -3.73. The number of sulfonamides is 1. The van der Waals surface area contributed by atoms with Gasteiger partial charge in [-0.1, -0.05) is 0 Å². The summed E-state index contributed by atoms with van der Waals surface area (Å²) in [5.74, 6) is 0.727. The first-order chi connectivity index (χ1) is 12.4. The van der Waals surface area contributed by atoms with Crippen molar-refractivity contribution in [3.8, 4) is 5.75 Å². The second-order valence-corrected chi connectivity index (χ2v) is 7.39. The molecule has 0 amide bonds. The van der Waals surface area contributed by atoms with Gasteiger partial charge in [0.15, 0.2) is 0 Å². The highest BCUT2D eigenvalue weighted by molar-refractivity contribution is 7.89. The van der Waals surface area contributed by atoms with Crippen LogP contribution in [0.2, 0.25) is 0 Å². The van der Waals surface area contributed by atoms with E-state index in [0.29, 0.717) is 6.42 Å². The molecule has 0 radical (unpaired) electrons. The molecule has 0 bridgehead atoms. The fraction of sp³-hybridized carbons (Fsp3) is 0.176. The first kappa shape index (κ1) is 17.9. The van der Waals surface area contributed by atoms with Crippen molar-refractivity contribution in [3.63, 3.8) is 0 Å². The lowest BCUT2D eigenvalue weighted by molar-refractivity contribution is -0.384. The van der Waals surface area contributed by atoms with E-state index >= 15 is 0 Å². The molecular formula is C17H17N3O5S. The fourth-order valence-electron chi connectivity index (χ4n) is 2.64. The van der Waals surface area contributed by atoms with Gasteiger partial charge >= 0.3 is 0 Å². The molecule has 26 heavy (non-hydrogen) atoms. The van der Waals surface area contributed by atoms with Crippen molar-refractivity contribution in [2.45, 2.75) is 11.3 Å². The smallest absolute Gasteiger partial charge is 0.269 e. The Morgan fingerprint density at radius 3 is 2.58 bits per heavy atom. The number of methoxy groups -OCH3 is 1. The Bertz CT molecular complexity index is 1040. The van der Waals surface area contributed by atoms with Gasteiger partial charge < -0.3 is 9.72 Å². The third-order valence-corrected chi connectivity index (χ3v) is 5.50. The van der Waals surface area contributed by atoms with E-state index in [1.54, 1.807) is 7.11 Å². The number of benzene rings is 2. The van der Waals surface area contributed by atoms with Gasteiger partial charge in [0.25, 0.3) is 5.69 Å². The summed E-state index contributed by atoms with van der Waals surface area (Å²) in [5.41, 5.74) is 1.75. The second kappa shape index (κ2) is 7.14. The average molecular weight is 375 g/mol. The van der Waals surface area contributed by atoms with Crippen molar-refractivity contribution in [3.05, 3.63) is 64.3 Å². The molecule has 0 atom stereocenters. The Hall–Kier alpha value is -2.91. The lowest BCUT2D eigenvalue weighted by Gasteiger charge is -2.07. The summed E-state index contributed by atoms with van der Waals surface area (Å²) in [6.45, 7) is 0.198. The summed E-state index contributed by atoms with van der Waals surface area (Å²) in [5, 5.41) is 11.6. The topological polar surface area (TPSA) is 114 Å². The largest absolute Gasteiger partial charge is 0.497 e. The van der Waals surface area contributed by atoms with Crippen LogP contribution < -0.4 is 9.46 Å². The first-order valence-corrected chi connectivity index (χ1v) is 9.27. The molecule has 0 aliphatic carbocycles. The molecule has 0 aliphatic rings. The monoisotopic (exact) mass is 375 g/mol. The number of aromatic amines is 1. The third-order valence-electron chi connectivity index (χ3n) is 4.02. The van der Waals surface area contributed by atoms with Gasteiger partial charge in [-0.2, -0.15) is 0 Å². The number of hydrogen-bond donors (Lipinski definition) is 2. The zero-order valence-electron chi connectivity index (χ0n) is 13.9. The normalized spacial score (nSPS) is 11.6. The lowest BCUT2D eigenvalue weighted by Crippen LogP contribution is -2.25. The summed E-state index contributed by atoms with van der Waals surface area (Å²) in [6.07, 6.45) is 2.32. The molecule has 2 aromatic carbocycles. The maximum atomic E-state index is 12.3. The van der Waals surface area contributed by atoms with Crippen LogP contribution in [0.4, 0.5) is 5.69 Å². The quantitative estimate of drug-likeness (QED) is 0.487. The first-order valence-electron chi connectivity index (χ1n) is 7.79. The number of ether oxygens (including phenoxy) is 1. The van der Waals surface area contributed by atoms with Crippen LogP contribution >= 0.6 is 0 Å². The molecule has 3 rings (SSSR count).